The molecule has 2 nitrogen and oxygen atoms in total. The molecule has 0 unspecified atom stereocenters. The van der Waals surface area contributed by atoms with Crippen LogP contribution in [0.5, 0.6) is 0 Å². The summed E-state index contributed by atoms with van der Waals surface area (Å²) in [6, 6.07) is 13.5. The topological polar surface area (TPSA) is 32.9 Å². The van der Waals surface area contributed by atoms with E-state index >= 15 is 0 Å². The van der Waals surface area contributed by atoms with Gasteiger partial charge in [0.15, 0.2) is 0 Å². The van der Waals surface area contributed by atoms with E-state index in [0.717, 1.165) is 16.8 Å². The average Bonchev–Trinajstić information content (AvgIpc) is 2.43. The molecule has 1 aromatic carbocycles. The normalized spacial score (nSPS) is 8.50. The molecule has 0 saturated carbocycles. The highest BCUT2D eigenvalue weighted by molar-refractivity contribution is 5.62. The van der Waals surface area contributed by atoms with Gasteiger partial charge in [-0.25, -0.2) is 0 Å². The van der Waals surface area contributed by atoms with Crippen LogP contribution in [0.4, 0.5) is 0 Å². The van der Waals surface area contributed by atoms with E-state index in [4.69, 9.17) is 0 Å². The molecule has 0 fully saturated rings. The van der Waals surface area contributed by atoms with Crippen LogP contribution < -0.4 is 5.56 Å². The van der Waals surface area contributed by atoms with Crippen molar-refractivity contribution in [1.29, 1.82) is 0 Å². The maximum Gasteiger partial charge on any atom is 0.248 e. The molecule has 2 rings (SSSR count). The maximum absolute atomic E-state index is 11.2. The number of nitrogens with one attached hydrogen (secondary N) is 1. The second-order valence-electron chi connectivity index (χ2n) is 3.28. The number of aromatic nitrogens is 1. The predicted molar refractivity (Wildman–Crippen MR) is 79.9 cm³/mol. The van der Waals surface area contributed by atoms with E-state index in [1.807, 2.05) is 71.0 Å². The maximum atomic E-state index is 11.2. The van der Waals surface area contributed by atoms with Gasteiger partial charge in [0, 0.05) is 11.8 Å². The fourth-order valence-corrected chi connectivity index (χ4v) is 1.48. The molecule has 0 aliphatic rings. The lowest BCUT2D eigenvalue weighted by Crippen LogP contribution is -2.05. The molecule has 0 aliphatic carbocycles. The lowest BCUT2D eigenvalue weighted by atomic mass is 10.1. The van der Waals surface area contributed by atoms with Gasteiger partial charge in [0.25, 0.3) is 0 Å². The van der Waals surface area contributed by atoms with Crippen molar-refractivity contribution in [3.05, 3.63) is 58.5 Å². The molecule has 18 heavy (non-hydrogen) atoms. The van der Waals surface area contributed by atoms with Crippen LogP contribution in [-0.4, -0.2) is 4.98 Å². The van der Waals surface area contributed by atoms with E-state index in [1.54, 1.807) is 6.07 Å². The van der Waals surface area contributed by atoms with Gasteiger partial charge in [-0.1, -0.05) is 58.0 Å². The zero-order valence-electron chi connectivity index (χ0n) is 11.9. The van der Waals surface area contributed by atoms with E-state index in [0.29, 0.717) is 0 Å². The van der Waals surface area contributed by atoms with Crippen LogP contribution >= 0.6 is 0 Å². The average molecular weight is 245 g/mol. The Morgan fingerprint density at radius 2 is 1.39 bits per heavy atom. The number of benzene rings is 1. The van der Waals surface area contributed by atoms with Crippen LogP contribution in [0.25, 0.3) is 11.1 Å². The molecule has 0 spiro atoms. The molecule has 0 aliphatic heterocycles. The third-order valence-corrected chi connectivity index (χ3v) is 2.09. The summed E-state index contributed by atoms with van der Waals surface area (Å²) >= 11 is 0. The highest BCUT2D eigenvalue weighted by Crippen LogP contribution is 2.16. The van der Waals surface area contributed by atoms with Crippen LogP contribution in [0.2, 0.25) is 0 Å². The monoisotopic (exact) mass is 245 g/mol. The molecule has 1 heterocycles. The molecule has 0 amide bonds. The van der Waals surface area contributed by atoms with Gasteiger partial charge in [-0.05, 0) is 24.1 Å². The molecule has 2 heteroatoms. The minimum absolute atomic E-state index is 0.0520. The van der Waals surface area contributed by atoms with E-state index in [9.17, 15) is 4.79 Å². The molecular weight excluding hydrogens is 222 g/mol. The zero-order valence-corrected chi connectivity index (χ0v) is 11.9. The first-order valence-corrected chi connectivity index (χ1v) is 6.52. The first-order valence-electron chi connectivity index (χ1n) is 6.52. The molecule has 2 aromatic rings. The molecular formula is C16H23NO. The van der Waals surface area contributed by atoms with Gasteiger partial charge in [0.2, 0.25) is 5.56 Å². The van der Waals surface area contributed by atoms with Crippen LogP contribution in [-0.2, 0) is 0 Å². The molecule has 1 N–H and O–H groups in total. The quantitative estimate of drug-likeness (QED) is 0.793. The Labute approximate surface area is 110 Å². The van der Waals surface area contributed by atoms with Gasteiger partial charge in [-0.2, -0.15) is 0 Å². The van der Waals surface area contributed by atoms with Crippen molar-refractivity contribution in [2.75, 3.05) is 0 Å². The van der Waals surface area contributed by atoms with Gasteiger partial charge < -0.3 is 4.98 Å². The fraction of sp³-hybridized carbons (Fsp3) is 0.312. The lowest BCUT2D eigenvalue weighted by molar-refractivity contribution is 1.14. The summed E-state index contributed by atoms with van der Waals surface area (Å²) in [5, 5.41) is 0. The Bertz CT molecular complexity index is 486. The van der Waals surface area contributed by atoms with Gasteiger partial charge in [0.05, 0.1) is 0 Å². The van der Waals surface area contributed by atoms with E-state index in [-0.39, 0.29) is 5.56 Å². The molecule has 0 bridgehead atoms. The summed E-state index contributed by atoms with van der Waals surface area (Å²) in [6.07, 6.45) is 0. The zero-order chi connectivity index (χ0) is 14.0. The number of pyridine rings is 1. The highest BCUT2D eigenvalue weighted by atomic mass is 16.1. The number of H-pyrrole nitrogens is 1. The lowest BCUT2D eigenvalue weighted by Gasteiger charge is -2.01. The van der Waals surface area contributed by atoms with Crippen molar-refractivity contribution in [3.63, 3.8) is 0 Å². The van der Waals surface area contributed by atoms with Gasteiger partial charge >= 0.3 is 0 Å². The summed E-state index contributed by atoms with van der Waals surface area (Å²) in [7, 11) is 0. The third-order valence-electron chi connectivity index (χ3n) is 2.09. The SMILES string of the molecule is CC.CC.Cc1cc(-c2ccccc2)cc(=O)[nH]1. The Hall–Kier alpha value is -1.83. The van der Waals surface area contributed by atoms with Crippen LogP contribution in [0, 0.1) is 6.92 Å². The van der Waals surface area contributed by atoms with Crippen molar-refractivity contribution in [1.82, 2.24) is 4.98 Å². The number of aryl methyl sites for hydroxylation is 1. The van der Waals surface area contributed by atoms with Gasteiger partial charge in [0.1, 0.15) is 0 Å². The molecule has 0 atom stereocenters. The standard InChI is InChI=1S/C12H11NO.2C2H6/c1-9-7-11(8-12(14)13-9)10-5-3-2-4-6-10;2*1-2/h2-8H,1H3,(H,13,14);2*1-2H3. The smallest absolute Gasteiger partial charge is 0.248 e. The Morgan fingerprint density at radius 1 is 0.833 bits per heavy atom. The fourth-order valence-electron chi connectivity index (χ4n) is 1.48. The first-order chi connectivity index (χ1) is 8.75. The second-order valence-corrected chi connectivity index (χ2v) is 3.28. The van der Waals surface area contributed by atoms with Gasteiger partial charge in [-0.15, -0.1) is 0 Å². The summed E-state index contributed by atoms with van der Waals surface area (Å²) in [6.45, 7) is 9.88. The Morgan fingerprint density at radius 3 is 1.89 bits per heavy atom. The number of rotatable bonds is 1. The number of hydrogen-bond acceptors (Lipinski definition) is 1. The molecule has 0 radical (unpaired) electrons. The Balaban J connectivity index is 0.000000659. The number of aromatic amines is 1. The van der Waals surface area contributed by atoms with Crippen molar-refractivity contribution in [2.45, 2.75) is 34.6 Å². The largest absolute Gasteiger partial charge is 0.326 e. The highest BCUT2D eigenvalue weighted by Gasteiger charge is 1.98. The molecule has 0 saturated heterocycles. The van der Waals surface area contributed by atoms with Crippen LogP contribution in [0.3, 0.4) is 0 Å². The third kappa shape index (κ3) is 5.00. The molecule has 98 valence electrons. The molecule has 1 aromatic heterocycles. The number of hydrogen-bond donors (Lipinski definition) is 1. The van der Waals surface area contributed by atoms with Gasteiger partial charge in [-0.3, -0.25) is 4.79 Å². The summed E-state index contributed by atoms with van der Waals surface area (Å²) in [4.78, 5) is 14.0. The van der Waals surface area contributed by atoms with Crippen LogP contribution in [0.15, 0.2) is 47.3 Å². The van der Waals surface area contributed by atoms with Crippen molar-refractivity contribution in [3.8, 4) is 11.1 Å². The summed E-state index contributed by atoms with van der Waals surface area (Å²) in [5.41, 5.74) is 2.87. The predicted octanol–water partition coefficient (Wildman–Crippen LogP) is 4.40. The summed E-state index contributed by atoms with van der Waals surface area (Å²) in [5.74, 6) is 0. The summed E-state index contributed by atoms with van der Waals surface area (Å²) < 4.78 is 0. The minimum Gasteiger partial charge on any atom is -0.326 e. The first kappa shape index (κ1) is 16.2. The van der Waals surface area contributed by atoms with E-state index < -0.39 is 0 Å². The van der Waals surface area contributed by atoms with Crippen molar-refractivity contribution >= 4 is 0 Å². The van der Waals surface area contributed by atoms with Crippen molar-refractivity contribution in [2.24, 2.45) is 0 Å². The Kier molecular flexibility index (Phi) is 8.29. The second kappa shape index (κ2) is 9.23. The van der Waals surface area contributed by atoms with Crippen molar-refractivity contribution < 1.29 is 0 Å². The minimum atomic E-state index is -0.0520. The van der Waals surface area contributed by atoms with E-state index in [1.165, 1.54) is 0 Å². The van der Waals surface area contributed by atoms with E-state index in [2.05, 4.69) is 4.98 Å². The van der Waals surface area contributed by atoms with Crippen LogP contribution in [0.1, 0.15) is 33.4 Å².